The molecule has 2 aliphatic rings. The Hall–Kier alpha value is -2.08. The zero-order chi connectivity index (χ0) is 18.0. The number of urea groups is 1. The Labute approximate surface area is 149 Å². The molecule has 1 aliphatic carbocycles. The highest BCUT2D eigenvalue weighted by molar-refractivity contribution is 6.07. The summed E-state index contributed by atoms with van der Waals surface area (Å²) in [5.74, 6) is 0.801. The van der Waals surface area contributed by atoms with Crippen LogP contribution in [0.1, 0.15) is 44.2 Å². The maximum Gasteiger partial charge on any atom is 0.325 e. The van der Waals surface area contributed by atoms with Gasteiger partial charge in [-0.2, -0.15) is 0 Å². The smallest absolute Gasteiger partial charge is 0.325 e. The summed E-state index contributed by atoms with van der Waals surface area (Å²) in [5.41, 5.74) is 0.473. The van der Waals surface area contributed by atoms with Crippen molar-refractivity contribution in [2.45, 2.75) is 44.2 Å². The Kier molecular flexibility index (Phi) is 4.99. The van der Waals surface area contributed by atoms with Crippen molar-refractivity contribution in [3.05, 3.63) is 29.8 Å². The normalized spacial score (nSPS) is 20.4. The first kappa shape index (κ1) is 17.7. The van der Waals surface area contributed by atoms with E-state index in [9.17, 15) is 9.59 Å². The van der Waals surface area contributed by atoms with E-state index in [0.717, 1.165) is 37.0 Å². The van der Waals surface area contributed by atoms with Gasteiger partial charge in [0, 0.05) is 24.7 Å². The molecule has 2 fully saturated rings. The molecule has 0 radical (unpaired) electrons. The van der Waals surface area contributed by atoms with Gasteiger partial charge in [0.2, 0.25) is 0 Å². The summed E-state index contributed by atoms with van der Waals surface area (Å²) >= 11 is 0. The van der Waals surface area contributed by atoms with Crippen LogP contribution >= 0.6 is 0 Å². The molecular weight excluding hydrogens is 318 g/mol. The third-order valence-electron chi connectivity index (χ3n) is 5.63. The number of carbonyl (C=O) groups excluding carboxylic acids is 2. The zero-order valence-electron chi connectivity index (χ0n) is 15.2. The van der Waals surface area contributed by atoms with E-state index in [1.165, 1.54) is 4.90 Å². The fourth-order valence-electron chi connectivity index (χ4n) is 3.90. The van der Waals surface area contributed by atoms with E-state index in [2.05, 4.69) is 17.1 Å². The predicted octanol–water partition coefficient (Wildman–Crippen LogP) is 2.55. The van der Waals surface area contributed by atoms with Gasteiger partial charge in [-0.15, -0.1) is 0 Å². The molecule has 1 N–H and O–H groups in total. The molecule has 6 heteroatoms. The lowest BCUT2D eigenvalue weighted by molar-refractivity contribution is -0.131. The number of amides is 3. The minimum atomic E-state index is -0.621. The van der Waals surface area contributed by atoms with Gasteiger partial charge in [0.25, 0.3) is 5.91 Å². The lowest BCUT2D eigenvalue weighted by atomic mass is 9.98. The Morgan fingerprint density at radius 3 is 2.64 bits per heavy atom. The first-order chi connectivity index (χ1) is 12.0. The Bertz CT molecular complexity index is 655. The number of nitrogens with zero attached hydrogens (tertiary/aromatic N) is 2. The van der Waals surface area contributed by atoms with Crippen molar-refractivity contribution < 1.29 is 14.3 Å². The van der Waals surface area contributed by atoms with Crippen molar-refractivity contribution in [3.63, 3.8) is 0 Å². The van der Waals surface area contributed by atoms with E-state index in [1.54, 1.807) is 7.11 Å². The second-order valence-electron chi connectivity index (χ2n) is 7.07. The molecule has 1 atom stereocenters. The number of hydrogen-bond acceptors (Lipinski definition) is 4. The molecule has 1 saturated carbocycles. The first-order valence-electron chi connectivity index (χ1n) is 8.96. The van der Waals surface area contributed by atoms with Crippen molar-refractivity contribution in [3.8, 4) is 5.75 Å². The number of hydrogen-bond donors (Lipinski definition) is 1. The van der Waals surface area contributed by atoms with Crippen LogP contribution in [0, 0.1) is 0 Å². The number of carbonyl (C=O) groups is 2. The summed E-state index contributed by atoms with van der Waals surface area (Å²) < 4.78 is 5.44. The Morgan fingerprint density at radius 2 is 1.96 bits per heavy atom. The quantitative estimate of drug-likeness (QED) is 0.805. The number of methoxy groups -OCH3 is 1. The van der Waals surface area contributed by atoms with Crippen molar-refractivity contribution in [2.24, 2.45) is 0 Å². The Balaban J connectivity index is 1.63. The minimum Gasteiger partial charge on any atom is -0.496 e. The second kappa shape index (κ2) is 7.04. The summed E-state index contributed by atoms with van der Waals surface area (Å²) in [6.07, 6.45) is 3.54. The topological polar surface area (TPSA) is 61.9 Å². The van der Waals surface area contributed by atoms with Crippen LogP contribution < -0.4 is 10.1 Å². The molecule has 0 unspecified atom stereocenters. The largest absolute Gasteiger partial charge is 0.496 e. The van der Waals surface area contributed by atoms with E-state index >= 15 is 0 Å². The summed E-state index contributed by atoms with van der Waals surface area (Å²) in [7, 11) is 3.67. The van der Waals surface area contributed by atoms with Crippen molar-refractivity contribution in [1.82, 2.24) is 15.1 Å². The standard InChI is InChI=1S/C19H27N3O3/c1-14(15-8-4-5-9-16(15)25-3)21(2)12-13-22-17(23)19(20-18(22)24)10-6-7-11-19/h4-5,8-9,14H,6-7,10-13H2,1-3H3,(H,20,24)/t14-/m0/s1. The molecule has 25 heavy (non-hydrogen) atoms. The highest BCUT2D eigenvalue weighted by atomic mass is 16.5. The van der Waals surface area contributed by atoms with E-state index in [0.29, 0.717) is 13.1 Å². The van der Waals surface area contributed by atoms with Crippen LogP contribution in [-0.4, -0.2) is 54.5 Å². The summed E-state index contributed by atoms with van der Waals surface area (Å²) in [4.78, 5) is 28.5. The van der Waals surface area contributed by atoms with Gasteiger partial charge < -0.3 is 10.1 Å². The first-order valence-corrected chi connectivity index (χ1v) is 8.96. The highest BCUT2D eigenvalue weighted by Gasteiger charge is 2.52. The lowest BCUT2D eigenvalue weighted by Crippen LogP contribution is -2.44. The SMILES string of the molecule is COc1ccccc1[C@H](C)N(C)CCN1C(=O)NC2(CCCC2)C1=O. The molecule has 1 saturated heterocycles. The molecule has 3 rings (SSSR count). The van der Waals surface area contributed by atoms with Crippen LogP contribution in [0.15, 0.2) is 24.3 Å². The molecule has 3 amide bonds. The molecule has 1 aromatic rings. The number of imide groups is 1. The average Bonchev–Trinajstić information content (AvgIpc) is 3.18. The van der Waals surface area contributed by atoms with Gasteiger partial charge in [-0.25, -0.2) is 4.79 Å². The van der Waals surface area contributed by atoms with E-state index in [1.807, 2.05) is 31.3 Å². The number of para-hydroxylation sites is 1. The molecular formula is C19H27N3O3. The van der Waals surface area contributed by atoms with E-state index < -0.39 is 5.54 Å². The zero-order valence-corrected chi connectivity index (χ0v) is 15.2. The number of rotatable bonds is 6. The van der Waals surface area contributed by atoms with Crippen molar-refractivity contribution in [1.29, 1.82) is 0 Å². The van der Waals surface area contributed by atoms with Gasteiger partial charge in [-0.1, -0.05) is 31.0 Å². The maximum absolute atomic E-state index is 12.7. The third-order valence-corrected chi connectivity index (χ3v) is 5.63. The van der Waals surface area contributed by atoms with Gasteiger partial charge in [0.1, 0.15) is 11.3 Å². The molecule has 1 aliphatic heterocycles. The number of benzene rings is 1. The molecule has 136 valence electrons. The van der Waals surface area contributed by atoms with Crippen LogP contribution in [0.3, 0.4) is 0 Å². The van der Waals surface area contributed by atoms with E-state index in [4.69, 9.17) is 4.74 Å². The fourth-order valence-corrected chi connectivity index (χ4v) is 3.90. The van der Waals surface area contributed by atoms with Crippen LogP contribution in [0.4, 0.5) is 4.79 Å². The van der Waals surface area contributed by atoms with Gasteiger partial charge in [0.15, 0.2) is 0 Å². The molecule has 0 aromatic heterocycles. The maximum atomic E-state index is 12.7. The van der Waals surface area contributed by atoms with Crippen molar-refractivity contribution >= 4 is 11.9 Å². The molecule has 1 heterocycles. The number of ether oxygens (including phenoxy) is 1. The summed E-state index contributed by atoms with van der Waals surface area (Å²) in [5, 5.41) is 2.93. The third kappa shape index (κ3) is 3.23. The summed E-state index contributed by atoms with van der Waals surface area (Å²) in [6, 6.07) is 7.80. The van der Waals surface area contributed by atoms with Gasteiger partial charge >= 0.3 is 6.03 Å². The molecule has 1 aromatic carbocycles. The average molecular weight is 345 g/mol. The van der Waals surface area contributed by atoms with Gasteiger partial charge in [-0.05, 0) is 32.9 Å². The van der Waals surface area contributed by atoms with Crippen LogP contribution in [-0.2, 0) is 4.79 Å². The Morgan fingerprint density at radius 1 is 1.28 bits per heavy atom. The van der Waals surface area contributed by atoms with Crippen LogP contribution in [0.2, 0.25) is 0 Å². The van der Waals surface area contributed by atoms with Crippen molar-refractivity contribution in [2.75, 3.05) is 27.2 Å². The molecule has 0 bridgehead atoms. The molecule has 6 nitrogen and oxygen atoms in total. The highest BCUT2D eigenvalue weighted by Crippen LogP contribution is 2.35. The van der Waals surface area contributed by atoms with Gasteiger partial charge in [0.05, 0.1) is 7.11 Å². The lowest BCUT2D eigenvalue weighted by Gasteiger charge is -2.28. The monoisotopic (exact) mass is 345 g/mol. The minimum absolute atomic E-state index is 0.0478. The summed E-state index contributed by atoms with van der Waals surface area (Å²) in [6.45, 7) is 3.12. The predicted molar refractivity (Wildman–Crippen MR) is 95.5 cm³/mol. The number of likely N-dealkylation sites (N-methyl/N-ethyl adjacent to an activating group) is 1. The van der Waals surface area contributed by atoms with Gasteiger partial charge in [-0.3, -0.25) is 14.6 Å². The molecule has 1 spiro atoms. The van der Waals surface area contributed by atoms with E-state index in [-0.39, 0.29) is 18.0 Å². The van der Waals surface area contributed by atoms with Crippen LogP contribution in [0.5, 0.6) is 5.75 Å². The second-order valence-corrected chi connectivity index (χ2v) is 7.07. The van der Waals surface area contributed by atoms with Crippen LogP contribution in [0.25, 0.3) is 0 Å². The fraction of sp³-hybridized carbons (Fsp3) is 0.579. The number of nitrogens with one attached hydrogen (secondary N) is 1.